The van der Waals surface area contributed by atoms with Crippen molar-refractivity contribution < 1.29 is 14.3 Å². The van der Waals surface area contributed by atoms with Crippen molar-refractivity contribution >= 4 is 16.7 Å². The van der Waals surface area contributed by atoms with Crippen LogP contribution in [0.1, 0.15) is 37.6 Å². The maximum atomic E-state index is 12.9. The molecule has 1 aromatic heterocycles. The predicted octanol–water partition coefficient (Wildman–Crippen LogP) is 2.50. The Labute approximate surface area is 166 Å². The van der Waals surface area contributed by atoms with Crippen LogP contribution >= 0.6 is 0 Å². The Morgan fingerprint density at radius 2 is 1.68 bits per heavy atom. The molecule has 2 aromatic rings. The number of hydrogen-bond acceptors (Lipinski definition) is 5. The van der Waals surface area contributed by atoms with E-state index in [0.29, 0.717) is 40.9 Å². The van der Waals surface area contributed by atoms with E-state index in [1.807, 2.05) is 6.92 Å². The minimum absolute atomic E-state index is 0.156. The quantitative estimate of drug-likeness (QED) is 0.632. The first-order valence-corrected chi connectivity index (χ1v) is 9.80. The van der Waals surface area contributed by atoms with Gasteiger partial charge < -0.3 is 24.3 Å². The number of pyridine rings is 1. The molecule has 0 atom stereocenters. The Morgan fingerprint density at radius 3 is 2.21 bits per heavy atom. The fourth-order valence-corrected chi connectivity index (χ4v) is 3.27. The Bertz CT molecular complexity index is 872. The van der Waals surface area contributed by atoms with Gasteiger partial charge in [-0.25, -0.2) is 0 Å². The smallest absolute Gasteiger partial charge is 0.258 e. The molecule has 0 saturated carbocycles. The summed E-state index contributed by atoms with van der Waals surface area (Å²) in [6.45, 7) is 10.1. The number of aromatic nitrogens is 1. The Kier molecular flexibility index (Phi) is 7.87. The van der Waals surface area contributed by atoms with Crippen molar-refractivity contribution in [2.45, 2.75) is 33.7 Å². The van der Waals surface area contributed by atoms with Gasteiger partial charge in [0.1, 0.15) is 0 Å². The number of ether oxygens (including phenoxy) is 2. The molecule has 0 saturated heterocycles. The lowest BCUT2D eigenvalue weighted by Crippen LogP contribution is -2.31. The van der Waals surface area contributed by atoms with Gasteiger partial charge in [0, 0.05) is 24.7 Å². The molecule has 0 aliphatic rings. The van der Waals surface area contributed by atoms with E-state index in [2.05, 4.69) is 24.1 Å². The number of hydrogen-bond donors (Lipinski definition) is 1. The van der Waals surface area contributed by atoms with E-state index < -0.39 is 0 Å². The van der Waals surface area contributed by atoms with Gasteiger partial charge in [0.05, 0.1) is 25.2 Å². The number of amides is 1. The zero-order valence-electron chi connectivity index (χ0n) is 17.5. The number of fused-ring (bicyclic) bond motifs is 1. The van der Waals surface area contributed by atoms with Crippen molar-refractivity contribution in [3.63, 3.8) is 0 Å². The highest BCUT2D eigenvalue weighted by molar-refractivity contribution is 6.07. The van der Waals surface area contributed by atoms with Gasteiger partial charge in [-0.3, -0.25) is 9.59 Å². The molecule has 1 N–H and O–H groups in total. The van der Waals surface area contributed by atoms with Gasteiger partial charge in [0.2, 0.25) is 0 Å². The highest BCUT2D eigenvalue weighted by atomic mass is 16.5. The lowest BCUT2D eigenvalue weighted by Gasteiger charge is -2.18. The van der Waals surface area contributed by atoms with Crippen LogP contribution in [0.15, 0.2) is 23.1 Å². The largest absolute Gasteiger partial charge is 0.493 e. The second-order valence-electron chi connectivity index (χ2n) is 6.52. The van der Waals surface area contributed by atoms with E-state index in [0.717, 1.165) is 26.1 Å². The molecular weight excluding hydrogens is 358 g/mol. The highest BCUT2D eigenvalue weighted by Gasteiger charge is 2.17. The molecule has 0 aliphatic carbocycles. The van der Waals surface area contributed by atoms with E-state index in [-0.39, 0.29) is 11.5 Å². The summed E-state index contributed by atoms with van der Waals surface area (Å²) in [5, 5.41) is 3.98. The molecule has 7 nitrogen and oxygen atoms in total. The first kappa shape index (κ1) is 21.8. The van der Waals surface area contributed by atoms with E-state index in [9.17, 15) is 9.59 Å². The van der Waals surface area contributed by atoms with Gasteiger partial charge in [-0.1, -0.05) is 13.8 Å². The van der Waals surface area contributed by atoms with E-state index in [4.69, 9.17) is 9.47 Å². The average Bonchev–Trinajstić information content (AvgIpc) is 2.73. The maximum Gasteiger partial charge on any atom is 0.258 e. The summed E-state index contributed by atoms with van der Waals surface area (Å²) in [4.78, 5) is 27.9. The molecule has 7 heteroatoms. The fourth-order valence-electron chi connectivity index (χ4n) is 3.27. The van der Waals surface area contributed by atoms with Gasteiger partial charge in [-0.2, -0.15) is 0 Å². The number of carbonyl (C=O) groups is 1. The molecule has 0 spiro atoms. The molecule has 1 amide bonds. The van der Waals surface area contributed by atoms with Crippen LogP contribution in [0.2, 0.25) is 0 Å². The second kappa shape index (κ2) is 10.1. The number of nitrogens with one attached hydrogen (secondary N) is 1. The summed E-state index contributed by atoms with van der Waals surface area (Å²) in [5.74, 6) is 0.754. The maximum absolute atomic E-state index is 12.9. The number of nitrogens with zero attached hydrogens (tertiary/aromatic N) is 2. The molecule has 1 heterocycles. The SMILES string of the molecule is CCN(CC)CCCNC(=O)c1cn(CC)c(=O)c2cc(OC)c(OC)cc12. The van der Waals surface area contributed by atoms with Crippen LogP contribution < -0.4 is 20.3 Å². The van der Waals surface area contributed by atoms with Crippen LogP contribution in [0, 0.1) is 0 Å². The third-order valence-electron chi connectivity index (χ3n) is 5.01. The summed E-state index contributed by atoms with van der Waals surface area (Å²) in [7, 11) is 3.05. The molecule has 0 aliphatic heterocycles. The second-order valence-corrected chi connectivity index (χ2v) is 6.52. The van der Waals surface area contributed by atoms with Crippen molar-refractivity contribution in [2.75, 3.05) is 40.4 Å². The summed E-state index contributed by atoms with van der Waals surface area (Å²) in [5.41, 5.74) is 0.303. The van der Waals surface area contributed by atoms with Crippen LogP contribution in [-0.2, 0) is 6.54 Å². The first-order chi connectivity index (χ1) is 13.5. The minimum atomic E-state index is -0.195. The monoisotopic (exact) mass is 389 g/mol. The normalized spacial score (nSPS) is 11.1. The topological polar surface area (TPSA) is 72.8 Å². The number of aryl methyl sites for hydroxylation is 1. The van der Waals surface area contributed by atoms with Crippen LogP contribution in [0.4, 0.5) is 0 Å². The summed E-state index contributed by atoms with van der Waals surface area (Å²) in [6, 6.07) is 3.33. The fraction of sp³-hybridized carbons (Fsp3) is 0.524. The third kappa shape index (κ3) is 4.65. The molecule has 1 aromatic carbocycles. The van der Waals surface area contributed by atoms with Crippen LogP contribution in [-0.4, -0.2) is 55.8 Å². The highest BCUT2D eigenvalue weighted by Crippen LogP contribution is 2.32. The summed E-state index contributed by atoms with van der Waals surface area (Å²) in [6.07, 6.45) is 2.49. The molecular formula is C21H31N3O4. The Morgan fingerprint density at radius 1 is 1.07 bits per heavy atom. The van der Waals surface area contributed by atoms with Crippen molar-refractivity contribution in [1.29, 1.82) is 0 Å². The van der Waals surface area contributed by atoms with Gasteiger partial charge in [0.25, 0.3) is 11.5 Å². The minimum Gasteiger partial charge on any atom is -0.493 e. The number of benzene rings is 1. The molecule has 0 unspecified atom stereocenters. The molecule has 28 heavy (non-hydrogen) atoms. The Hall–Kier alpha value is -2.54. The van der Waals surface area contributed by atoms with Crippen LogP contribution in [0.3, 0.4) is 0 Å². The molecule has 0 radical (unpaired) electrons. The van der Waals surface area contributed by atoms with Crippen molar-refractivity contribution in [2.24, 2.45) is 0 Å². The standard InChI is InChI=1S/C21H31N3O4/c1-6-23(7-2)11-9-10-22-20(25)17-14-24(8-3)21(26)16-13-19(28-5)18(27-4)12-15(16)17/h12-14H,6-11H2,1-5H3,(H,22,25). The molecule has 0 fully saturated rings. The summed E-state index contributed by atoms with van der Waals surface area (Å²) < 4.78 is 12.2. The van der Waals surface area contributed by atoms with Gasteiger partial charge in [-0.15, -0.1) is 0 Å². The van der Waals surface area contributed by atoms with Crippen molar-refractivity contribution in [3.05, 3.63) is 34.2 Å². The van der Waals surface area contributed by atoms with Crippen molar-refractivity contribution in [1.82, 2.24) is 14.8 Å². The van der Waals surface area contributed by atoms with E-state index in [1.165, 1.54) is 14.2 Å². The van der Waals surface area contributed by atoms with E-state index >= 15 is 0 Å². The Balaban J connectivity index is 2.35. The van der Waals surface area contributed by atoms with Gasteiger partial charge in [-0.05, 0) is 45.1 Å². The number of rotatable bonds is 10. The molecule has 2 rings (SSSR count). The molecule has 0 bridgehead atoms. The van der Waals surface area contributed by atoms with Gasteiger partial charge >= 0.3 is 0 Å². The third-order valence-corrected chi connectivity index (χ3v) is 5.01. The number of carbonyl (C=O) groups excluding carboxylic acids is 1. The van der Waals surface area contributed by atoms with Gasteiger partial charge in [0.15, 0.2) is 11.5 Å². The lowest BCUT2D eigenvalue weighted by molar-refractivity contribution is 0.0952. The molecule has 154 valence electrons. The lowest BCUT2D eigenvalue weighted by atomic mass is 10.1. The zero-order chi connectivity index (χ0) is 20.7. The predicted molar refractivity (Wildman–Crippen MR) is 112 cm³/mol. The number of methoxy groups -OCH3 is 2. The zero-order valence-corrected chi connectivity index (χ0v) is 17.5. The van der Waals surface area contributed by atoms with E-state index in [1.54, 1.807) is 22.9 Å². The summed E-state index contributed by atoms with van der Waals surface area (Å²) >= 11 is 0. The van der Waals surface area contributed by atoms with Crippen LogP contribution in [0.5, 0.6) is 11.5 Å². The first-order valence-electron chi connectivity index (χ1n) is 9.80. The van der Waals surface area contributed by atoms with Crippen LogP contribution in [0.25, 0.3) is 10.8 Å². The average molecular weight is 389 g/mol. The van der Waals surface area contributed by atoms with Crippen molar-refractivity contribution in [3.8, 4) is 11.5 Å².